The zero-order valence-electron chi connectivity index (χ0n) is 13.3. The standard InChI is InChI=1S/C17H17N3O2S2/c1-11-15(23-10-18-11)16(21)20(9-12-5-4-8-22-12)17-19-13-6-2-3-7-14(13)24-17/h2-3,6-7,10,12H,4-5,8-9H2,1H3/t12-/m0/s1. The first-order valence-electron chi connectivity index (χ1n) is 7.91. The summed E-state index contributed by atoms with van der Waals surface area (Å²) in [4.78, 5) is 24.4. The second-order valence-electron chi connectivity index (χ2n) is 5.78. The molecule has 0 aliphatic carbocycles. The summed E-state index contributed by atoms with van der Waals surface area (Å²) in [6.07, 6.45) is 2.11. The second-order valence-corrected chi connectivity index (χ2v) is 7.65. The van der Waals surface area contributed by atoms with Gasteiger partial charge in [-0.2, -0.15) is 0 Å². The third-order valence-corrected chi connectivity index (χ3v) is 6.08. The highest BCUT2D eigenvalue weighted by atomic mass is 32.1. The van der Waals surface area contributed by atoms with Gasteiger partial charge in [-0.15, -0.1) is 11.3 Å². The van der Waals surface area contributed by atoms with Crippen molar-refractivity contribution in [3.8, 4) is 0 Å². The summed E-state index contributed by atoms with van der Waals surface area (Å²) in [5, 5.41) is 0.726. The number of hydrogen-bond donors (Lipinski definition) is 0. The van der Waals surface area contributed by atoms with Crippen LogP contribution in [0.25, 0.3) is 10.2 Å². The molecule has 5 nitrogen and oxygen atoms in total. The molecule has 24 heavy (non-hydrogen) atoms. The Morgan fingerprint density at radius 1 is 1.42 bits per heavy atom. The van der Waals surface area contributed by atoms with E-state index >= 15 is 0 Å². The first kappa shape index (κ1) is 15.7. The normalized spacial score (nSPS) is 17.5. The molecule has 1 aliphatic rings. The van der Waals surface area contributed by atoms with Gasteiger partial charge in [0.15, 0.2) is 5.13 Å². The van der Waals surface area contributed by atoms with Gasteiger partial charge in [-0.25, -0.2) is 9.97 Å². The number of carbonyl (C=O) groups is 1. The number of thiazole rings is 2. The Bertz CT molecular complexity index is 834. The topological polar surface area (TPSA) is 55.3 Å². The Morgan fingerprint density at radius 2 is 2.29 bits per heavy atom. The van der Waals surface area contributed by atoms with Gasteiger partial charge in [-0.3, -0.25) is 9.69 Å². The maximum Gasteiger partial charge on any atom is 0.272 e. The number of rotatable bonds is 4. The van der Waals surface area contributed by atoms with Gasteiger partial charge in [0.05, 0.1) is 34.1 Å². The summed E-state index contributed by atoms with van der Waals surface area (Å²) >= 11 is 2.92. The Labute approximate surface area is 147 Å². The van der Waals surface area contributed by atoms with E-state index in [2.05, 4.69) is 9.97 Å². The molecule has 4 rings (SSSR count). The minimum absolute atomic E-state index is 0.0374. The number of para-hydroxylation sites is 1. The van der Waals surface area contributed by atoms with Crippen LogP contribution in [0.3, 0.4) is 0 Å². The van der Waals surface area contributed by atoms with Crippen LogP contribution in [0.5, 0.6) is 0 Å². The van der Waals surface area contributed by atoms with Gasteiger partial charge >= 0.3 is 0 Å². The largest absolute Gasteiger partial charge is 0.376 e. The summed E-state index contributed by atoms with van der Waals surface area (Å²) in [6, 6.07) is 7.96. The van der Waals surface area contributed by atoms with Gasteiger partial charge < -0.3 is 4.74 Å². The fourth-order valence-electron chi connectivity index (χ4n) is 2.85. The molecule has 3 aromatic rings. The van der Waals surface area contributed by atoms with Gasteiger partial charge in [-0.1, -0.05) is 23.5 Å². The number of amides is 1. The van der Waals surface area contributed by atoms with E-state index in [0.29, 0.717) is 11.4 Å². The molecule has 1 aliphatic heterocycles. The van der Waals surface area contributed by atoms with E-state index in [9.17, 15) is 4.79 Å². The quantitative estimate of drug-likeness (QED) is 0.709. The molecule has 1 atom stereocenters. The first-order valence-corrected chi connectivity index (χ1v) is 9.61. The van der Waals surface area contributed by atoms with Crippen LogP contribution in [0.4, 0.5) is 5.13 Å². The molecule has 1 amide bonds. The minimum atomic E-state index is -0.0374. The zero-order chi connectivity index (χ0) is 16.5. The van der Waals surface area contributed by atoms with Crippen LogP contribution < -0.4 is 4.90 Å². The SMILES string of the molecule is Cc1ncsc1C(=O)N(C[C@@H]1CCCO1)c1nc2ccccc2s1. The average Bonchev–Trinajstić information content (AvgIpc) is 3.32. The van der Waals surface area contributed by atoms with Crippen LogP contribution in [0.2, 0.25) is 0 Å². The predicted octanol–water partition coefficient (Wildman–Crippen LogP) is 3.89. The number of aromatic nitrogens is 2. The van der Waals surface area contributed by atoms with Crippen molar-refractivity contribution in [2.24, 2.45) is 0 Å². The lowest BCUT2D eigenvalue weighted by Gasteiger charge is -2.22. The molecule has 2 aromatic heterocycles. The Balaban J connectivity index is 1.71. The molecule has 0 saturated carbocycles. The van der Waals surface area contributed by atoms with Gasteiger partial charge in [0.1, 0.15) is 4.88 Å². The molecule has 1 aromatic carbocycles. The van der Waals surface area contributed by atoms with E-state index < -0.39 is 0 Å². The number of ether oxygens (including phenoxy) is 1. The molecule has 0 spiro atoms. The Hall–Kier alpha value is -1.83. The van der Waals surface area contributed by atoms with Crippen molar-refractivity contribution in [3.63, 3.8) is 0 Å². The van der Waals surface area contributed by atoms with Crippen LogP contribution >= 0.6 is 22.7 Å². The summed E-state index contributed by atoms with van der Waals surface area (Å²) in [6.45, 7) is 3.18. The summed E-state index contributed by atoms with van der Waals surface area (Å²) in [5.41, 5.74) is 3.40. The van der Waals surface area contributed by atoms with E-state index in [0.717, 1.165) is 40.5 Å². The molecule has 124 valence electrons. The molecular weight excluding hydrogens is 342 g/mol. The van der Waals surface area contributed by atoms with Crippen molar-refractivity contribution in [2.75, 3.05) is 18.1 Å². The minimum Gasteiger partial charge on any atom is -0.376 e. The lowest BCUT2D eigenvalue weighted by molar-refractivity contribution is 0.0920. The zero-order valence-corrected chi connectivity index (χ0v) is 14.9. The van der Waals surface area contributed by atoms with E-state index in [4.69, 9.17) is 4.74 Å². The molecule has 1 fully saturated rings. The van der Waals surface area contributed by atoms with E-state index in [-0.39, 0.29) is 12.0 Å². The third-order valence-electron chi connectivity index (χ3n) is 4.11. The van der Waals surface area contributed by atoms with Gasteiger partial charge in [0.2, 0.25) is 0 Å². The first-order chi connectivity index (χ1) is 11.7. The maximum atomic E-state index is 13.1. The molecule has 3 heterocycles. The van der Waals surface area contributed by atoms with Gasteiger partial charge in [0.25, 0.3) is 5.91 Å². The fraction of sp³-hybridized carbons (Fsp3) is 0.353. The number of carbonyl (C=O) groups excluding carboxylic acids is 1. The molecule has 7 heteroatoms. The number of anilines is 1. The van der Waals surface area contributed by atoms with Crippen molar-refractivity contribution in [1.82, 2.24) is 9.97 Å². The fourth-order valence-corrected chi connectivity index (χ4v) is 4.57. The van der Waals surface area contributed by atoms with Crippen LogP contribution in [0.1, 0.15) is 28.2 Å². The molecule has 0 radical (unpaired) electrons. The Kier molecular flexibility index (Phi) is 4.30. The maximum absolute atomic E-state index is 13.1. The number of aryl methyl sites for hydroxylation is 1. The van der Waals surface area contributed by atoms with Crippen LogP contribution in [-0.2, 0) is 4.74 Å². The van der Waals surface area contributed by atoms with Crippen molar-refractivity contribution < 1.29 is 9.53 Å². The summed E-state index contributed by atoms with van der Waals surface area (Å²) in [7, 11) is 0. The molecule has 1 saturated heterocycles. The smallest absolute Gasteiger partial charge is 0.272 e. The van der Waals surface area contributed by atoms with E-state index in [1.54, 1.807) is 21.7 Å². The predicted molar refractivity (Wildman–Crippen MR) is 97.1 cm³/mol. The Morgan fingerprint density at radius 3 is 3.00 bits per heavy atom. The van der Waals surface area contributed by atoms with Crippen molar-refractivity contribution in [1.29, 1.82) is 0 Å². The monoisotopic (exact) mass is 359 g/mol. The molecule has 0 bridgehead atoms. The van der Waals surface area contributed by atoms with Crippen LogP contribution in [-0.4, -0.2) is 35.1 Å². The lowest BCUT2D eigenvalue weighted by Crippen LogP contribution is -2.37. The highest BCUT2D eigenvalue weighted by Gasteiger charge is 2.28. The van der Waals surface area contributed by atoms with E-state index in [1.165, 1.54) is 11.3 Å². The summed E-state index contributed by atoms with van der Waals surface area (Å²) < 4.78 is 6.83. The van der Waals surface area contributed by atoms with Crippen molar-refractivity contribution >= 4 is 43.9 Å². The molecular formula is C17H17N3O2S2. The van der Waals surface area contributed by atoms with Crippen LogP contribution in [0.15, 0.2) is 29.8 Å². The second kappa shape index (κ2) is 6.58. The van der Waals surface area contributed by atoms with Crippen molar-refractivity contribution in [2.45, 2.75) is 25.9 Å². The lowest BCUT2D eigenvalue weighted by atomic mass is 10.2. The van der Waals surface area contributed by atoms with Crippen molar-refractivity contribution in [3.05, 3.63) is 40.3 Å². The number of fused-ring (bicyclic) bond motifs is 1. The number of nitrogens with zero attached hydrogens (tertiary/aromatic N) is 3. The highest BCUT2D eigenvalue weighted by Crippen LogP contribution is 2.31. The summed E-state index contributed by atoms with van der Waals surface area (Å²) in [5.74, 6) is -0.0374. The average molecular weight is 359 g/mol. The highest BCUT2D eigenvalue weighted by molar-refractivity contribution is 7.22. The van der Waals surface area contributed by atoms with Gasteiger partial charge in [-0.05, 0) is 31.9 Å². The number of hydrogen-bond acceptors (Lipinski definition) is 6. The third kappa shape index (κ3) is 2.94. The molecule has 0 N–H and O–H groups in total. The molecule has 0 unspecified atom stereocenters. The number of benzene rings is 1. The van der Waals surface area contributed by atoms with Gasteiger partial charge in [0, 0.05) is 6.61 Å². The van der Waals surface area contributed by atoms with E-state index in [1.807, 2.05) is 31.2 Å². The van der Waals surface area contributed by atoms with Crippen LogP contribution in [0, 0.1) is 6.92 Å².